The molecular formula is C46H31N3O. The lowest BCUT2D eigenvalue weighted by Gasteiger charge is -2.22. The molecule has 7 aromatic carbocycles. The fourth-order valence-electron chi connectivity index (χ4n) is 7.62. The Morgan fingerprint density at radius 1 is 0.400 bits per heavy atom. The molecule has 0 saturated carbocycles. The summed E-state index contributed by atoms with van der Waals surface area (Å²) >= 11 is 0. The standard InChI is InChI=1S/C46H31N3O/c1-46(2)39-25-34(22-23-35(39)37-26-38-36-14-8-9-15-41(36)50-42(38)27-40(37)46)45-48-43(30-11-4-3-5-12-30)47-44(49-45)31-19-16-29(17-20-31)33-21-18-28-10-6-7-13-32(28)24-33/h3-27H,1-2H3. The van der Waals surface area contributed by atoms with Crippen molar-refractivity contribution < 1.29 is 4.42 Å². The molecule has 0 unspecified atom stereocenters. The van der Waals surface area contributed by atoms with Crippen LogP contribution in [0, 0.1) is 0 Å². The lowest BCUT2D eigenvalue weighted by atomic mass is 9.82. The highest BCUT2D eigenvalue weighted by molar-refractivity contribution is 6.07. The summed E-state index contributed by atoms with van der Waals surface area (Å²) in [7, 11) is 0. The SMILES string of the molecule is CC1(C)c2cc(-c3nc(-c4ccccc4)nc(-c4ccc(-c5ccc6ccccc6c5)cc4)n3)ccc2-c2cc3c(cc21)oc1ccccc13. The van der Waals surface area contributed by atoms with Gasteiger partial charge in [0.2, 0.25) is 0 Å². The number of fused-ring (bicyclic) bond motifs is 7. The molecule has 0 aliphatic heterocycles. The van der Waals surface area contributed by atoms with Crippen molar-refractivity contribution in [3.8, 4) is 56.4 Å². The molecule has 1 aliphatic carbocycles. The van der Waals surface area contributed by atoms with Gasteiger partial charge < -0.3 is 4.42 Å². The highest BCUT2D eigenvalue weighted by atomic mass is 16.3. The quantitative estimate of drug-likeness (QED) is 0.192. The predicted octanol–water partition coefficient (Wildman–Crippen LogP) is 11.9. The van der Waals surface area contributed by atoms with Crippen LogP contribution in [-0.2, 0) is 5.41 Å². The fraction of sp³-hybridized carbons (Fsp3) is 0.0652. The summed E-state index contributed by atoms with van der Waals surface area (Å²) in [6.45, 7) is 4.59. The summed E-state index contributed by atoms with van der Waals surface area (Å²) in [5, 5.41) is 4.76. The Balaban J connectivity index is 1.08. The van der Waals surface area contributed by atoms with E-state index in [1.165, 1.54) is 38.6 Å². The van der Waals surface area contributed by atoms with E-state index in [1.807, 2.05) is 42.5 Å². The summed E-state index contributed by atoms with van der Waals surface area (Å²) in [4.78, 5) is 15.1. The number of benzene rings is 7. The molecule has 10 rings (SSSR count). The molecule has 9 aromatic rings. The van der Waals surface area contributed by atoms with E-state index in [0.717, 1.165) is 44.2 Å². The van der Waals surface area contributed by atoms with Crippen molar-refractivity contribution in [3.63, 3.8) is 0 Å². The first-order valence-corrected chi connectivity index (χ1v) is 17.0. The average Bonchev–Trinajstić information content (AvgIpc) is 3.65. The minimum Gasteiger partial charge on any atom is -0.456 e. The maximum Gasteiger partial charge on any atom is 0.164 e. The molecule has 0 saturated heterocycles. The van der Waals surface area contributed by atoms with Crippen LogP contribution in [0.4, 0.5) is 0 Å². The Morgan fingerprint density at radius 3 is 1.80 bits per heavy atom. The van der Waals surface area contributed by atoms with Gasteiger partial charge in [-0.2, -0.15) is 0 Å². The van der Waals surface area contributed by atoms with Gasteiger partial charge in [0.05, 0.1) is 0 Å². The van der Waals surface area contributed by atoms with E-state index >= 15 is 0 Å². The first-order chi connectivity index (χ1) is 24.5. The maximum absolute atomic E-state index is 6.30. The second-order valence-electron chi connectivity index (χ2n) is 13.7. The average molecular weight is 642 g/mol. The van der Waals surface area contributed by atoms with E-state index in [-0.39, 0.29) is 5.41 Å². The second kappa shape index (κ2) is 10.8. The Morgan fingerprint density at radius 2 is 1.00 bits per heavy atom. The smallest absolute Gasteiger partial charge is 0.164 e. The van der Waals surface area contributed by atoms with E-state index in [1.54, 1.807) is 0 Å². The molecule has 4 heteroatoms. The summed E-state index contributed by atoms with van der Waals surface area (Å²) in [6, 6.07) is 53.2. The monoisotopic (exact) mass is 641 g/mol. The van der Waals surface area contributed by atoms with Crippen LogP contribution in [0.1, 0.15) is 25.0 Å². The van der Waals surface area contributed by atoms with Gasteiger partial charge in [-0.25, -0.2) is 15.0 Å². The number of aromatic nitrogens is 3. The zero-order valence-electron chi connectivity index (χ0n) is 27.7. The Kier molecular flexibility index (Phi) is 6.19. The van der Waals surface area contributed by atoms with Crippen molar-refractivity contribution in [2.75, 3.05) is 0 Å². The van der Waals surface area contributed by atoms with Gasteiger partial charge >= 0.3 is 0 Å². The van der Waals surface area contributed by atoms with Gasteiger partial charge in [-0.3, -0.25) is 0 Å². The van der Waals surface area contributed by atoms with E-state index in [0.29, 0.717) is 17.5 Å². The molecule has 0 amide bonds. The molecule has 0 spiro atoms. The van der Waals surface area contributed by atoms with Gasteiger partial charge in [0, 0.05) is 32.9 Å². The normalized spacial score (nSPS) is 13.2. The highest BCUT2D eigenvalue weighted by Gasteiger charge is 2.37. The van der Waals surface area contributed by atoms with Gasteiger partial charge in [-0.1, -0.05) is 135 Å². The van der Waals surface area contributed by atoms with Crippen molar-refractivity contribution in [1.29, 1.82) is 0 Å². The third-order valence-electron chi connectivity index (χ3n) is 10.3. The number of hydrogen-bond donors (Lipinski definition) is 0. The van der Waals surface area contributed by atoms with E-state index in [9.17, 15) is 0 Å². The Labute approximate surface area is 289 Å². The van der Waals surface area contributed by atoms with E-state index in [2.05, 4.69) is 123 Å². The lowest BCUT2D eigenvalue weighted by molar-refractivity contribution is 0.647. The molecule has 1 aliphatic rings. The van der Waals surface area contributed by atoms with Crippen LogP contribution >= 0.6 is 0 Å². The van der Waals surface area contributed by atoms with Crippen LogP contribution in [0.3, 0.4) is 0 Å². The number of furan rings is 1. The van der Waals surface area contributed by atoms with Gasteiger partial charge in [-0.05, 0) is 74.5 Å². The summed E-state index contributed by atoms with van der Waals surface area (Å²) in [5.41, 5.74) is 11.8. The fourth-order valence-corrected chi connectivity index (χ4v) is 7.62. The van der Waals surface area contributed by atoms with Crippen molar-refractivity contribution in [2.24, 2.45) is 0 Å². The molecule has 50 heavy (non-hydrogen) atoms. The number of para-hydroxylation sites is 1. The van der Waals surface area contributed by atoms with Crippen LogP contribution < -0.4 is 0 Å². The molecule has 0 bridgehead atoms. The van der Waals surface area contributed by atoms with Crippen LogP contribution in [-0.4, -0.2) is 15.0 Å². The van der Waals surface area contributed by atoms with E-state index < -0.39 is 0 Å². The maximum atomic E-state index is 6.30. The summed E-state index contributed by atoms with van der Waals surface area (Å²) in [5.74, 6) is 1.95. The van der Waals surface area contributed by atoms with Crippen molar-refractivity contribution in [1.82, 2.24) is 15.0 Å². The third-order valence-corrected chi connectivity index (χ3v) is 10.3. The minimum absolute atomic E-state index is 0.232. The van der Waals surface area contributed by atoms with Crippen molar-refractivity contribution in [2.45, 2.75) is 19.3 Å². The molecule has 236 valence electrons. The second-order valence-corrected chi connectivity index (χ2v) is 13.7. The van der Waals surface area contributed by atoms with Crippen molar-refractivity contribution in [3.05, 3.63) is 163 Å². The zero-order chi connectivity index (χ0) is 33.4. The van der Waals surface area contributed by atoms with Gasteiger partial charge in [0.1, 0.15) is 11.2 Å². The molecule has 2 heterocycles. The van der Waals surface area contributed by atoms with Crippen LogP contribution in [0.15, 0.2) is 156 Å². The number of hydrogen-bond acceptors (Lipinski definition) is 4. The van der Waals surface area contributed by atoms with Gasteiger partial charge in [0.15, 0.2) is 17.5 Å². The first kappa shape index (κ1) is 28.6. The minimum atomic E-state index is -0.232. The first-order valence-electron chi connectivity index (χ1n) is 17.0. The summed E-state index contributed by atoms with van der Waals surface area (Å²) < 4.78 is 6.30. The molecule has 0 atom stereocenters. The van der Waals surface area contributed by atoms with Crippen LogP contribution in [0.2, 0.25) is 0 Å². The molecular weight excluding hydrogens is 611 g/mol. The van der Waals surface area contributed by atoms with Crippen molar-refractivity contribution >= 4 is 32.7 Å². The van der Waals surface area contributed by atoms with Gasteiger partial charge in [0.25, 0.3) is 0 Å². The van der Waals surface area contributed by atoms with Gasteiger partial charge in [-0.15, -0.1) is 0 Å². The molecule has 0 fully saturated rings. The van der Waals surface area contributed by atoms with Crippen LogP contribution in [0.5, 0.6) is 0 Å². The third kappa shape index (κ3) is 4.49. The molecule has 0 N–H and O–H groups in total. The molecule has 4 nitrogen and oxygen atoms in total. The Hall–Kier alpha value is -6.39. The molecule has 2 aromatic heterocycles. The molecule has 0 radical (unpaired) electrons. The highest BCUT2D eigenvalue weighted by Crippen LogP contribution is 2.51. The predicted molar refractivity (Wildman–Crippen MR) is 204 cm³/mol. The topological polar surface area (TPSA) is 51.8 Å². The Bertz CT molecular complexity index is 2780. The summed E-state index contributed by atoms with van der Waals surface area (Å²) in [6.07, 6.45) is 0. The largest absolute Gasteiger partial charge is 0.456 e. The van der Waals surface area contributed by atoms with E-state index in [4.69, 9.17) is 19.4 Å². The lowest BCUT2D eigenvalue weighted by Crippen LogP contribution is -2.15. The zero-order valence-corrected chi connectivity index (χ0v) is 27.7. The number of rotatable bonds is 4. The number of nitrogens with zero attached hydrogens (tertiary/aromatic N) is 3. The van der Waals surface area contributed by atoms with Crippen LogP contribution in [0.25, 0.3) is 89.1 Å².